The van der Waals surface area contributed by atoms with Crippen LogP contribution in [-0.4, -0.2) is 95.5 Å². The van der Waals surface area contributed by atoms with Crippen LogP contribution >= 0.6 is 0 Å². The molecule has 1 amide bonds. The number of carbonyl (C=O) groups is 2. The molecule has 0 saturated heterocycles. The molecule has 0 radical (unpaired) electrons. The molecule has 0 saturated carbocycles. The number of nitrogens with zero attached hydrogens (tertiary/aromatic N) is 4. The number of methoxy groups -OCH3 is 1. The first-order valence-electron chi connectivity index (χ1n) is 11.3. The molecule has 0 aromatic carbocycles. The fourth-order valence-corrected chi connectivity index (χ4v) is 2.37. The van der Waals surface area contributed by atoms with E-state index in [1.54, 1.807) is 0 Å². The number of esters is 1. The first-order valence-corrected chi connectivity index (χ1v) is 11.3. The Morgan fingerprint density at radius 1 is 0.730 bits per heavy atom. The quantitative estimate of drug-likeness (QED) is 0.107. The molecule has 0 fully saturated rings. The van der Waals surface area contributed by atoms with Gasteiger partial charge in [-0.05, 0) is 32.1 Å². The summed E-state index contributed by atoms with van der Waals surface area (Å²) < 4.78 is 14.4. The summed E-state index contributed by atoms with van der Waals surface area (Å²) in [6, 6.07) is -0.962. The van der Waals surface area contributed by atoms with Crippen LogP contribution < -0.4 is 5.32 Å². The number of hydrogen-bond donors (Lipinski definition) is 1. The topological polar surface area (TPSA) is 192 Å². The molecule has 14 heteroatoms. The van der Waals surface area contributed by atoms with Gasteiger partial charge < -0.3 is 19.5 Å². The number of nitrogens with one attached hydrogen (secondary N) is 1. The summed E-state index contributed by atoms with van der Waals surface area (Å²) in [5.74, 6) is -0.688. The minimum absolute atomic E-state index is 0. The Kier molecular flexibility index (Phi) is 32.9. The molecule has 14 nitrogen and oxygen atoms in total. The van der Waals surface area contributed by atoms with Crippen LogP contribution in [0.2, 0.25) is 0 Å². The minimum Gasteiger partial charge on any atom is -0.462 e. The van der Waals surface area contributed by atoms with Gasteiger partial charge >= 0.3 is 12.1 Å². The number of alkyl carbamates (subject to hydrolysis) is 1. The average Bonchev–Trinajstić information content (AvgIpc) is 2.88. The third-order valence-corrected chi connectivity index (χ3v) is 4.10. The maximum atomic E-state index is 11.8. The molecule has 1 unspecified atom stereocenters. The summed E-state index contributed by atoms with van der Waals surface area (Å²) in [6.45, 7) is 1.78. The van der Waals surface area contributed by atoms with E-state index in [9.17, 15) is 28.8 Å². The first-order chi connectivity index (χ1) is 17.6. The van der Waals surface area contributed by atoms with E-state index in [0.29, 0.717) is 32.5 Å². The van der Waals surface area contributed by atoms with Crippen molar-refractivity contribution in [3.05, 3.63) is 0 Å². The summed E-state index contributed by atoms with van der Waals surface area (Å²) in [6.07, 6.45) is 10.2. The highest BCUT2D eigenvalue weighted by Gasteiger charge is 2.18. The van der Waals surface area contributed by atoms with Gasteiger partial charge in [-0.25, -0.2) is 43.7 Å². The first kappa shape index (κ1) is 37.8. The zero-order valence-corrected chi connectivity index (χ0v) is 20.4. The number of aliphatic imine (C=N–C) groups is 4. The van der Waals surface area contributed by atoms with Crippen LogP contribution in [0.5, 0.6) is 0 Å². The molecule has 0 rings (SSSR count). The Labute approximate surface area is 216 Å². The second-order valence-corrected chi connectivity index (χ2v) is 6.79. The summed E-state index contributed by atoms with van der Waals surface area (Å²) in [5.41, 5.74) is 0. The summed E-state index contributed by atoms with van der Waals surface area (Å²) in [5, 5.41) is 2.38. The van der Waals surface area contributed by atoms with Gasteiger partial charge in [-0.3, -0.25) is 0 Å². The molecule has 0 aliphatic heterocycles. The number of hydrogen-bond acceptors (Lipinski definition) is 13. The molecule has 0 aliphatic rings. The molecule has 0 aromatic rings. The molecule has 0 heterocycles. The molecule has 1 N–H and O–H groups in total. The van der Waals surface area contributed by atoms with Crippen molar-refractivity contribution in [1.29, 1.82) is 0 Å². The van der Waals surface area contributed by atoms with E-state index in [1.807, 2.05) is 0 Å². The molecule has 208 valence electrons. The van der Waals surface area contributed by atoms with Crippen LogP contribution in [0.4, 0.5) is 4.79 Å². The van der Waals surface area contributed by atoms with E-state index in [2.05, 4.69) is 25.3 Å². The molecule has 0 aliphatic carbocycles. The van der Waals surface area contributed by atoms with E-state index < -0.39 is 18.1 Å². The lowest BCUT2D eigenvalue weighted by molar-refractivity contribution is -0.145. The summed E-state index contributed by atoms with van der Waals surface area (Å²) in [4.78, 5) is 76.1. The smallest absolute Gasteiger partial charge is 0.407 e. The lowest BCUT2D eigenvalue weighted by Gasteiger charge is -2.11. The Bertz CT molecular complexity index is 761. The van der Waals surface area contributed by atoms with Gasteiger partial charge in [-0.2, -0.15) is 4.99 Å². The van der Waals surface area contributed by atoms with Gasteiger partial charge in [0.15, 0.2) is 6.04 Å². The van der Waals surface area contributed by atoms with Gasteiger partial charge in [0, 0.05) is 7.11 Å². The maximum absolute atomic E-state index is 11.8. The number of amides is 1. The van der Waals surface area contributed by atoms with Gasteiger partial charge in [0.05, 0.1) is 32.8 Å². The Balaban J connectivity index is -0.000000751. The number of carbonyl (C=O) groups excluding carboxylic acids is 6. The van der Waals surface area contributed by atoms with E-state index in [4.69, 9.17) is 14.2 Å². The molecule has 0 aromatic heterocycles. The average molecular weight is 528 g/mol. The second-order valence-electron chi connectivity index (χ2n) is 6.79. The van der Waals surface area contributed by atoms with Crippen molar-refractivity contribution in [3.63, 3.8) is 0 Å². The van der Waals surface area contributed by atoms with Gasteiger partial charge in [0.1, 0.15) is 13.2 Å². The van der Waals surface area contributed by atoms with Crippen molar-refractivity contribution >= 4 is 36.4 Å². The van der Waals surface area contributed by atoms with E-state index in [-0.39, 0.29) is 40.2 Å². The largest absolute Gasteiger partial charge is 0.462 e. The Hall–Kier alpha value is -3.78. The molecule has 1 atom stereocenters. The normalized spacial score (nSPS) is 9.65. The van der Waals surface area contributed by atoms with Crippen molar-refractivity contribution in [2.24, 2.45) is 20.0 Å². The summed E-state index contributed by atoms with van der Waals surface area (Å²) >= 11 is 0. The molecular formula is C23H37N5O9. The van der Waals surface area contributed by atoms with E-state index in [1.165, 1.54) is 31.4 Å². The summed E-state index contributed by atoms with van der Waals surface area (Å²) in [7, 11) is 1.48. The van der Waals surface area contributed by atoms with Crippen molar-refractivity contribution in [2.45, 2.75) is 58.4 Å². The molecule has 0 spiro atoms. The SMILES string of the molecule is C.COCCOC(=O)NCCOC(=O)C(CCCCN=C=O)N=C=O.O=C=NCCCCCCN=C=O. The van der Waals surface area contributed by atoms with Gasteiger partial charge in [-0.1, -0.05) is 20.3 Å². The zero-order chi connectivity index (χ0) is 27.1. The van der Waals surface area contributed by atoms with Gasteiger partial charge in [-0.15, -0.1) is 0 Å². The number of rotatable bonds is 20. The second kappa shape index (κ2) is 32.2. The monoisotopic (exact) mass is 527 g/mol. The minimum atomic E-state index is -0.962. The predicted octanol–water partition coefficient (Wildman–Crippen LogP) is 1.97. The highest BCUT2D eigenvalue weighted by molar-refractivity contribution is 5.77. The highest BCUT2D eigenvalue weighted by Crippen LogP contribution is 2.07. The van der Waals surface area contributed by atoms with Crippen molar-refractivity contribution in [1.82, 2.24) is 5.32 Å². The third-order valence-electron chi connectivity index (χ3n) is 4.10. The van der Waals surface area contributed by atoms with Crippen molar-refractivity contribution < 1.29 is 43.0 Å². The number of unbranched alkanes of at least 4 members (excludes halogenated alkanes) is 4. The number of isocyanates is 4. The maximum Gasteiger partial charge on any atom is 0.407 e. The van der Waals surface area contributed by atoms with Gasteiger partial charge in [0.25, 0.3) is 0 Å². The van der Waals surface area contributed by atoms with Crippen molar-refractivity contribution in [2.75, 3.05) is 53.1 Å². The lowest BCUT2D eigenvalue weighted by atomic mass is 10.1. The molecule has 37 heavy (non-hydrogen) atoms. The lowest BCUT2D eigenvalue weighted by Crippen LogP contribution is -2.31. The van der Waals surface area contributed by atoms with Crippen LogP contribution in [0, 0.1) is 0 Å². The Morgan fingerprint density at radius 2 is 1.27 bits per heavy atom. The van der Waals surface area contributed by atoms with Crippen LogP contribution in [-0.2, 0) is 38.2 Å². The number of ether oxygens (including phenoxy) is 3. The van der Waals surface area contributed by atoms with Gasteiger partial charge in [0.2, 0.25) is 24.3 Å². The standard InChI is InChI=1S/C14H21N3O7.C8H12N2O2.CH4/c1-22-8-9-24-14(21)16-6-7-23-13(20)12(17-11-19)4-2-3-5-15-10-18;11-7-9-5-3-1-2-4-6-10-8-12;/h12H,2-9H2,1H3,(H,16,21);1-6H2;1H4. The highest BCUT2D eigenvalue weighted by atomic mass is 16.6. The fourth-order valence-electron chi connectivity index (χ4n) is 2.37. The van der Waals surface area contributed by atoms with Crippen LogP contribution in [0.25, 0.3) is 0 Å². The van der Waals surface area contributed by atoms with E-state index >= 15 is 0 Å². The van der Waals surface area contributed by atoms with Crippen LogP contribution in [0.1, 0.15) is 52.4 Å². The predicted molar refractivity (Wildman–Crippen MR) is 132 cm³/mol. The molecular weight excluding hydrogens is 490 g/mol. The zero-order valence-electron chi connectivity index (χ0n) is 20.4. The van der Waals surface area contributed by atoms with Crippen LogP contribution in [0.3, 0.4) is 0 Å². The fraction of sp³-hybridized carbons (Fsp3) is 0.739. The Morgan fingerprint density at radius 3 is 1.76 bits per heavy atom. The third kappa shape index (κ3) is 30.2. The van der Waals surface area contributed by atoms with Crippen LogP contribution in [0.15, 0.2) is 20.0 Å². The molecule has 0 bridgehead atoms. The van der Waals surface area contributed by atoms with E-state index in [0.717, 1.165) is 25.7 Å². The van der Waals surface area contributed by atoms with Crippen molar-refractivity contribution in [3.8, 4) is 0 Å².